The highest BCUT2D eigenvalue weighted by Crippen LogP contribution is 2.30. The first-order chi connectivity index (χ1) is 8.71. The van der Waals surface area contributed by atoms with Gasteiger partial charge in [-0.3, -0.25) is 4.79 Å². The monoisotopic (exact) mass is 299 g/mol. The molecule has 7 nitrogen and oxygen atoms in total. The zero-order chi connectivity index (χ0) is 16.4. The zero-order valence-corrected chi connectivity index (χ0v) is 11.1. The maximum absolute atomic E-state index is 12.7. The van der Waals surface area contributed by atoms with Crippen molar-refractivity contribution >= 4 is 17.9 Å². The molecule has 0 aromatic carbocycles. The number of carbonyl (C=O) groups excluding carboxylic acids is 2. The Morgan fingerprint density at radius 2 is 1.55 bits per heavy atom. The van der Waals surface area contributed by atoms with Crippen LogP contribution in [0.5, 0.6) is 0 Å². The van der Waals surface area contributed by atoms with Crippen LogP contribution < -0.4 is 16.4 Å². The number of nitrogens with one attached hydrogen (secondary N) is 2. The van der Waals surface area contributed by atoms with Gasteiger partial charge in [-0.2, -0.15) is 13.2 Å². The summed E-state index contributed by atoms with van der Waals surface area (Å²) in [4.78, 5) is 32.9. The Bertz CT molecular complexity index is 422. The average Bonchev–Trinajstić information content (AvgIpc) is 2.10. The van der Waals surface area contributed by atoms with Crippen LogP contribution in [-0.2, 0) is 9.59 Å². The number of hydrogen-bond acceptors (Lipinski definition) is 3. The summed E-state index contributed by atoms with van der Waals surface area (Å²) in [6.45, 7) is 3.02. The Morgan fingerprint density at radius 1 is 1.10 bits per heavy atom. The molecule has 5 N–H and O–H groups in total. The summed E-state index contributed by atoms with van der Waals surface area (Å²) < 4.78 is 38.0. The van der Waals surface area contributed by atoms with Crippen LogP contribution in [0.4, 0.5) is 18.0 Å². The van der Waals surface area contributed by atoms with Crippen molar-refractivity contribution in [2.75, 3.05) is 0 Å². The molecule has 0 aliphatic rings. The number of hydrogen-bond donors (Lipinski definition) is 4. The highest BCUT2D eigenvalue weighted by atomic mass is 19.4. The van der Waals surface area contributed by atoms with E-state index in [0.717, 1.165) is 0 Å². The fourth-order valence-electron chi connectivity index (χ4n) is 1.29. The molecule has 0 spiro atoms. The molecule has 3 amide bonds. The predicted octanol–water partition coefficient (Wildman–Crippen LogP) is 0.345. The third-order valence-electron chi connectivity index (χ3n) is 2.43. The molecular weight excluding hydrogens is 283 g/mol. The van der Waals surface area contributed by atoms with E-state index < -0.39 is 35.2 Å². The van der Waals surface area contributed by atoms with Crippen molar-refractivity contribution in [3.8, 4) is 0 Å². The molecule has 0 aromatic heterocycles. The molecule has 116 valence electrons. The molecule has 1 unspecified atom stereocenters. The molecule has 0 radical (unpaired) electrons. The molecule has 1 atom stereocenters. The molecule has 0 aliphatic heterocycles. The van der Waals surface area contributed by atoms with Gasteiger partial charge in [0, 0.05) is 12.0 Å². The van der Waals surface area contributed by atoms with Gasteiger partial charge in [0.15, 0.2) is 0 Å². The van der Waals surface area contributed by atoms with Crippen molar-refractivity contribution in [1.29, 1.82) is 0 Å². The second kappa shape index (κ2) is 5.55. The Balaban J connectivity index is 4.98. The van der Waals surface area contributed by atoms with Crippen LogP contribution >= 0.6 is 0 Å². The van der Waals surface area contributed by atoms with Gasteiger partial charge < -0.3 is 21.5 Å². The molecule has 0 fully saturated rings. The predicted molar refractivity (Wildman–Crippen MR) is 61.7 cm³/mol. The van der Waals surface area contributed by atoms with E-state index in [1.54, 1.807) is 0 Å². The summed E-state index contributed by atoms with van der Waals surface area (Å²) in [6, 6.07) is -1.38. The van der Waals surface area contributed by atoms with Gasteiger partial charge in [-0.25, -0.2) is 9.59 Å². The lowest BCUT2D eigenvalue weighted by Gasteiger charge is -2.31. The molecule has 0 heterocycles. The lowest BCUT2D eigenvalue weighted by molar-refractivity contribution is -0.203. The Morgan fingerprint density at radius 3 is 1.85 bits per heavy atom. The van der Waals surface area contributed by atoms with Crippen molar-refractivity contribution in [1.82, 2.24) is 10.6 Å². The summed E-state index contributed by atoms with van der Waals surface area (Å²) in [5.41, 5.74) is 0.248. The van der Waals surface area contributed by atoms with Gasteiger partial charge in [-0.1, -0.05) is 0 Å². The average molecular weight is 299 g/mol. The van der Waals surface area contributed by atoms with Gasteiger partial charge in [0.2, 0.25) is 11.4 Å². The molecule has 0 aromatic rings. The molecule has 20 heavy (non-hydrogen) atoms. The van der Waals surface area contributed by atoms with E-state index in [1.807, 2.05) is 0 Å². The van der Waals surface area contributed by atoms with Crippen molar-refractivity contribution < 1.29 is 32.7 Å². The topological polar surface area (TPSA) is 122 Å². The van der Waals surface area contributed by atoms with Crippen molar-refractivity contribution in [3.63, 3.8) is 0 Å². The molecule has 0 saturated carbocycles. The lowest BCUT2D eigenvalue weighted by atomic mass is 10.00. The number of alkyl halides is 3. The van der Waals surface area contributed by atoms with Gasteiger partial charge in [0.1, 0.15) is 0 Å². The number of primary amides is 1. The number of rotatable bonds is 5. The standard InChI is InChI=1S/C10H16F3N3O4/c1-8(2,4-5(14)17)15-7(20)16-9(3,6(18)19)10(11,12)13/h4H2,1-3H3,(H2,14,17)(H,18,19)(H2,15,16,20). The van der Waals surface area contributed by atoms with E-state index >= 15 is 0 Å². The van der Waals surface area contributed by atoms with Gasteiger partial charge >= 0.3 is 18.2 Å². The molecule has 0 saturated heterocycles. The summed E-state index contributed by atoms with van der Waals surface area (Å²) in [5.74, 6) is -3.03. The first kappa shape index (κ1) is 18.0. The van der Waals surface area contributed by atoms with Crippen LogP contribution in [0.2, 0.25) is 0 Å². The fraction of sp³-hybridized carbons (Fsp3) is 0.700. The number of nitrogens with two attached hydrogens (primary N) is 1. The molecule has 0 bridgehead atoms. The maximum Gasteiger partial charge on any atom is 0.422 e. The summed E-state index contributed by atoms with van der Waals surface area (Å²) in [6.07, 6.45) is -5.51. The molecule has 0 aliphatic carbocycles. The van der Waals surface area contributed by atoms with E-state index in [2.05, 4.69) is 5.32 Å². The smallest absolute Gasteiger partial charge is 0.422 e. The van der Waals surface area contributed by atoms with Crippen LogP contribution in [0.15, 0.2) is 0 Å². The highest BCUT2D eigenvalue weighted by molar-refractivity contribution is 5.87. The largest absolute Gasteiger partial charge is 0.479 e. The first-order valence-electron chi connectivity index (χ1n) is 5.40. The third-order valence-corrected chi connectivity index (χ3v) is 2.43. The van der Waals surface area contributed by atoms with E-state index in [9.17, 15) is 27.6 Å². The molecule has 10 heteroatoms. The number of carbonyl (C=O) groups is 3. The number of halogens is 3. The second-order valence-corrected chi connectivity index (χ2v) is 5.03. The highest BCUT2D eigenvalue weighted by Gasteiger charge is 2.58. The fourth-order valence-corrected chi connectivity index (χ4v) is 1.29. The van der Waals surface area contributed by atoms with E-state index in [0.29, 0.717) is 6.92 Å². The van der Waals surface area contributed by atoms with E-state index in [4.69, 9.17) is 10.8 Å². The number of amides is 3. The number of carboxylic acids is 1. The minimum Gasteiger partial charge on any atom is -0.479 e. The normalized spacial score (nSPS) is 15.1. The Hall–Kier alpha value is -2.00. The van der Waals surface area contributed by atoms with Crippen molar-refractivity contribution in [2.45, 2.75) is 44.4 Å². The zero-order valence-electron chi connectivity index (χ0n) is 11.1. The van der Waals surface area contributed by atoms with E-state index in [-0.39, 0.29) is 6.42 Å². The summed E-state index contributed by atoms with van der Waals surface area (Å²) in [5, 5.41) is 12.0. The van der Waals surface area contributed by atoms with Gasteiger partial charge in [-0.15, -0.1) is 0 Å². The van der Waals surface area contributed by atoms with Crippen LogP contribution in [0.3, 0.4) is 0 Å². The quantitative estimate of drug-likeness (QED) is 0.585. The summed E-state index contributed by atoms with van der Waals surface area (Å²) in [7, 11) is 0. The number of carboxylic acid groups (broad SMARTS) is 1. The number of urea groups is 1. The Labute approximate surface area is 112 Å². The van der Waals surface area contributed by atoms with Crippen LogP contribution in [-0.4, -0.2) is 40.3 Å². The van der Waals surface area contributed by atoms with Gasteiger partial charge in [0.05, 0.1) is 0 Å². The van der Waals surface area contributed by atoms with Gasteiger partial charge in [0.25, 0.3) is 0 Å². The minimum atomic E-state index is -5.19. The van der Waals surface area contributed by atoms with Crippen molar-refractivity contribution in [3.05, 3.63) is 0 Å². The molecule has 0 rings (SSSR count). The first-order valence-corrected chi connectivity index (χ1v) is 5.40. The van der Waals surface area contributed by atoms with Crippen LogP contribution in [0.1, 0.15) is 27.2 Å². The van der Waals surface area contributed by atoms with E-state index in [1.165, 1.54) is 19.2 Å². The summed E-state index contributed by atoms with van der Waals surface area (Å²) >= 11 is 0. The van der Waals surface area contributed by atoms with Crippen LogP contribution in [0.25, 0.3) is 0 Å². The van der Waals surface area contributed by atoms with Crippen LogP contribution in [0, 0.1) is 0 Å². The SMILES string of the molecule is CC(C)(CC(N)=O)NC(=O)NC(C)(C(=O)O)C(F)(F)F. The molecular formula is C10H16F3N3O4. The van der Waals surface area contributed by atoms with Crippen molar-refractivity contribution in [2.24, 2.45) is 5.73 Å². The Kier molecular flexibility index (Phi) is 5.00. The minimum absolute atomic E-state index is 0.315. The lowest BCUT2D eigenvalue weighted by Crippen LogP contribution is -2.65. The maximum atomic E-state index is 12.7. The second-order valence-electron chi connectivity index (χ2n) is 5.03. The number of aliphatic carboxylic acids is 1. The van der Waals surface area contributed by atoms with Gasteiger partial charge in [-0.05, 0) is 20.8 Å². The third kappa shape index (κ3) is 4.59.